The van der Waals surface area contributed by atoms with E-state index >= 15 is 0 Å². The molecule has 4 rings (SSSR count). The zero-order valence-corrected chi connectivity index (χ0v) is 15.2. The van der Waals surface area contributed by atoms with Crippen LogP contribution in [0, 0.1) is 6.92 Å². The molecule has 3 nitrogen and oxygen atoms in total. The van der Waals surface area contributed by atoms with Crippen LogP contribution in [-0.4, -0.2) is 8.42 Å². The Hall–Kier alpha value is -2.11. The standard InChI is InChI=1S/C19H13BrO3S/c1-12-19(24(21,22)15-9-7-14(20)8-10-15)18-16-5-3-2-4-13(16)6-11-17(18)23-12/h2-11H,1H3. The third-order valence-corrected chi connectivity index (χ3v) is 6.54. The molecule has 0 aliphatic heterocycles. The van der Waals surface area contributed by atoms with Crippen molar-refractivity contribution in [1.29, 1.82) is 0 Å². The lowest BCUT2D eigenvalue weighted by Crippen LogP contribution is -2.02. The predicted octanol–water partition coefficient (Wildman–Crippen LogP) is 5.49. The first-order chi connectivity index (χ1) is 11.5. The Morgan fingerprint density at radius 2 is 1.62 bits per heavy atom. The van der Waals surface area contributed by atoms with Gasteiger partial charge in [0.15, 0.2) is 0 Å². The second kappa shape index (κ2) is 5.46. The summed E-state index contributed by atoms with van der Waals surface area (Å²) < 4.78 is 33.0. The normalized spacial score (nSPS) is 12.1. The highest BCUT2D eigenvalue weighted by Crippen LogP contribution is 2.38. The molecule has 0 saturated carbocycles. The number of hydrogen-bond acceptors (Lipinski definition) is 3. The van der Waals surface area contributed by atoms with Crippen LogP contribution >= 0.6 is 15.9 Å². The van der Waals surface area contributed by atoms with Crippen LogP contribution in [0.4, 0.5) is 0 Å². The summed E-state index contributed by atoms with van der Waals surface area (Å²) in [6.45, 7) is 1.69. The minimum Gasteiger partial charge on any atom is -0.460 e. The second-order valence-corrected chi connectivity index (χ2v) is 8.41. The van der Waals surface area contributed by atoms with Crippen molar-refractivity contribution in [3.63, 3.8) is 0 Å². The van der Waals surface area contributed by atoms with E-state index in [1.165, 1.54) is 0 Å². The molecule has 0 radical (unpaired) electrons. The summed E-state index contributed by atoms with van der Waals surface area (Å²) in [6.07, 6.45) is 0. The molecule has 0 aliphatic rings. The topological polar surface area (TPSA) is 47.3 Å². The minimum absolute atomic E-state index is 0.247. The molecule has 120 valence electrons. The Balaban J connectivity index is 2.11. The maximum atomic E-state index is 13.2. The molecule has 24 heavy (non-hydrogen) atoms. The van der Waals surface area contributed by atoms with Gasteiger partial charge in [-0.15, -0.1) is 0 Å². The number of fused-ring (bicyclic) bond motifs is 3. The van der Waals surface area contributed by atoms with Crippen molar-refractivity contribution < 1.29 is 12.8 Å². The van der Waals surface area contributed by atoms with Crippen LogP contribution in [0.2, 0.25) is 0 Å². The average Bonchev–Trinajstić information content (AvgIpc) is 2.92. The van der Waals surface area contributed by atoms with Gasteiger partial charge in [0.05, 0.1) is 4.90 Å². The van der Waals surface area contributed by atoms with E-state index in [0.29, 0.717) is 16.7 Å². The fraction of sp³-hybridized carbons (Fsp3) is 0.0526. The van der Waals surface area contributed by atoms with Crippen molar-refractivity contribution >= 4 is 47.5 Å². The molecule has 0 amide bonds. The van der Waals surface area contributed by atoms with Gasteiger partial charge in [0.2, 0.25) is 9.84 Å². The van der Waals surface area contributed by atoms with E-state index < -0.39 is 9.84 Å². The van der Waals surface area contributed by atoms with Crippen LogP contribution in [0.15, 0.2) is 79.3 Å². The molecule has 4 aromatic rings. The summed E-state index contributed by atoms with van der Waals surface area (Å²) >= 11 is 3.33. The summed E-state index contributed by atoms with van der Waals surface area (Å²) in [4.78, 5) is 0.501. The van der Waals surface area contributed by atoms with Crippen LogP contribution in [-0.2, 0) is 9.84 Å². The van der Waals surface area contributed by atoms with Crippen molar-refractivity contribution in [2.45, 2.75) is 16.7 Å². The van der Waals surface area contributed by atoms with Gasteiger partial charge in [-0.2, -0.15) is 0 Å². The van der Waals surface area contributed by atoms with Gasteiger partial charge in [-0.05, 0) is 48.0 Å². The number of furan rings is 1. The Morgan fingerprint density at radius 1 is 0.917 bits per heavy atom. The SMILES string of the molecule is Cc1oc2ccc3ccccc3c2c1S(=O)(=O)c1ccc(Br)cc1. The first kappa shape index (κ1) is 15.4. The lowest BCUT2D eigenvalue weighted by molar-refractivity contribution is 0.558. The third kappa shape index (κ3) is 2.27. The summed E-state index contributed by atoms with van der Waals surface area (Å²) in [5.74, 6) is 0.407. The van der Waals surface area contributed by atoms with E-state index in [9.17, 15) is 8.42 Å². The quantitative estimate of drug-likeness (QED) is 0.446. The van der Waals surface area contributed by atoms with Gasteiger partial charge in [0.25, 0.3) is 0 Å². The third-order valence-electron chi connectivity index (χ3n) is 4.09. The van der Waals surface area contributed by atoms with Gasteiger partial charge in [-0.25, -0.2) is 8.42 Å². The highest BCUT2D eigenvalue weighted by Gasteiger charge is 2.27. The highest BCUT2D eigenvalue weighted by molar-refractivity contribution is 9.10. The van der Waals surface area contributed by atoms with Gasteiger partial charge in [-0.3, -0.25) is 0 Å². The van der Waals surface area contributed by atoms with Crippen molar-refractivity contribution in [3.05, 3.63) is 70.9 Å². The Labute approximate surface area is 148 Å². The molecular formula is C19H13BrO3S. The molecular weight excluding hydrogens is 388 g/mol. The van der Waals surface area contributed by atoms with Gasteiger partial charge in [0, 0.05) is 9.86 Å². The van der Waals surface area contributed by atoms with E-state index in [2.05, 4.69) is 15.9 Å². The molecule has 0 unspecified atom stereocenters. The van der Waals surface area contributed by atoms with E-state index in [0.717, 1.165) is 15.2 Å². The summed E-state index contributed by atoms with van der Waals surface area (Å²) in [5, 5.41) is 2.51. The van der Waals surface area contributed by atoms with E-state index in [4.69, 9.17) is 4.42 Å². The Bertz CT molecular complexity index is 1170. The lowest BCUT2D eigenvalue weighted by Gasteiger charge is -2.06. The fourth-order valence-electron chi connectivity index (χ4n) is 3.01. The fourth-order valence-corrected chi connectivity index (χ4v) is 4.91. The monoisotopic (exact) mass is 400 g/mol. The molecule has 3 aromatic carbocycles. The zero-order valence-electron chi connectivity index (χ0n) is 12.8. The second-order valence-electron chi connectivity index (χ2n) is 5.60. The Kier molecular flexibility index (Phi) is 3.51. The molecule has 0 bridgehead atoms. The molecule has 5 heteroatoms. The lowest BCUT2D eigenvalue weighted by atomic mass is 10.1. The summed E-state index contributed by atoms with van der Waals surface area (Å²) in [5.41, 5.74) is 0.585. The molecule has 0 spiro atoms. The first-order valence-electron chi connectivity index (χ1n) is 7.40. The van der Waals surface area contributed by atoms with Gasteiger partial charge in [0.1, 0.15) is 16.2 Å². The van der Waals surface area contributed by atoms with Crippen molar-refractivity contribution in [2.24, 2.45) is 0 Å². The smallest absolute Gasteiger partial charge is 0.210 e. The van der Waals surface area contributed by atoms with Gasteiger partial charge >= 0.3 is 0 Å². The van der Waals surface area contributed by atoms with Crippen LogP contribution in [0.25, 0.3) is 21.7 Å². The van der Waals surface area contributed by atoms with Crippen molar-refractivity contribution in [1.82, 2.24) is 0 Å². The van der Waals surface area contributed by atoms with Crippen molar-refractivity contribution in [2.75, 3.05) is 0 Å². The summed E-state index contributed by atoms with van der Waals surface area (Å²) in [6, 6.07) is 18.1. The number of hydrogen-bond donors (Lipinski definition) is 0. The van der Waals surface area contributed by atoms with Crippen LogP contribution in [0.3, 0.4) is 0 Å². The average molecular weight is 401 g/mol. The van der Waals surface area contributed by atoms with Gasteiger partial charge in [-0.1, -0.05) is 46.3 Å². The maximum absolute atomic E-state index is 13.2. The molecule has 0 N–H and O–H groups in total. The van der Waals surface area contributed by atoms with Crippen LogP contribution in [0.1, 0.15) is 5.76 Å². The molecule has 1 heterocycles. The molecule has 1 aromatic heterocycles. The number of aryl methyl sites for hydroxylation is 1. The van der Waals surface area contributed by atoms with E-state index in [1.807, 2.05) is 36.4 Å². The predicted molar refractivity (Wildman–Crippen MR) is 98.1 cm³/mol. The van der Waals surface area contributed by atoms with Crippen LogP contribution in [0.5, 0.6) is 0 Å². The van der Waals surface area contributed by atoms with Crippen LogP contribution < -0.4 is 0 Å². The highest BCUT2D eigenvalue weighted by atomic mass is 79.9. The van der Waals surface area contributed by atoms with Crippen molar-refractivity contribution in [3.8, 4) is 0 Å². The minimum atomic E-state index is -3.68. The Morgan fingerprint density at radius 3 is 2.38 bits per heavy atom. The maximum Gasteiger partial charge on any atom is 0.210 e. The van der Waals surface area contributed by atoms with Gasteiger partial charge < -0.3 is 4.42 Å². The molecule has 0 fully saturated rings. The number of sulfone groups is 1. The molecule has 0 saturated heterocycles. The molecule has 0 atom stereocenters. The van der Waals surface area contributed by atoms with E-state index in [1.54, 1.807) is 31.2 Å². The largest absolute Gasteiger partial charge is 0.460 e. The zero-order chi connectivity index (χ0) is 16.9. The number of halogens is 1. The van der Waals surface area contributed by atoms with E-state index in [-0.39, 0.29) is 9.79 Å². The number of benzene rings is 3. The first-order valence-corrected chi connectivity index (χ1v) is 9.67. The number of rotatable bonds is 2. The summed E-state index contributed by atoms with van der Waals surface area (Å²) in [7, 11) is -3.68. The molecule has 0 aliphatic carbocycles.